The molecule has 19 heavy (non-hydrogen) atoms. The fraction of sp³-hybridized carbons (Fsp3) is 0.938. The number of rotatable bonds is 5. The monoisotopic (exact) mass is 266 g/mol. The Hall–Kier alpha value is -0.410. The number of hydrogen-bond acceptors (Lipinski definition) is 3. The summed E-state index contributed by atoms with van der Waals surface area (Å²) in [6, 6.07) is 0.714. The molecule has 110 valence electrons. The number of nitrogens with zero attached hydrogens (tertiary/aromatic N) is 2. The van der Waals surface area contributed by atoms with Crippen LogP contribution in [0.1, 0.15) is 46.5 Å². The second kappa shape index (κ2) is 6.85. The molecule has 0 aromatic heterocycles. The van der Waals surface area contributed by atoms with Crippen molar-refractivity contribution < 1.29 is 4.79 Å². The molecule has 1 aliphatic heterocycles. The predicted octanol–water partition coefficient (Wildman–Crippen LogP) is 2.41. The van der Waals surface area contributed by atoms with Gasteiger partial charge in [-0.25, -0.2) is 0 Å². The molecule has 3 unspecified atom stereocenters. The summed E-state index contributed by atoms with van der Waals surface area (Å²) in [5.74, 6) is 1.58. The first-order valence-electron chi connectivity index (χ1n) is 8.13. The molecule has 0 amide bonds. The molecule has 0 spiro atoms. The Labute approximate surface area is 118 Å². The fourth-order valence-corrected chi connectivity index (χ4v) is 3.83. The molecule has 0 radical (unpaired) electrons. The second-order valence-corrected chi connectivity index (χ2v) is 6.47. The van der Waals surface area contributed by atoms with Crippen LogP contribution < -0.4 is 0 Å². The number of carbonyl (C=O) groups excluding carboxylic acids is 1. The van der Waals surface area contributed by atoms with E-state index in [1.54, 1.807) is 0 Å². The van der Waals surface area contributed by atoms with Crippen LogP contribution in [0.2, 0.25) is 0 Å². The van der Waals surface area contributed by atoms with Crippen molar-refractivity contribution in [3.63, 3.8) is 0 Å². The van der Waals surface area contributed by atoms with E-state index >= 15 is 0 Å². The minimum absolute atomic E-state index is 0.319. The molecule has 0 bridgehead atoms. The standard InChI is InChI=1S/C16H30N2O/c1-4-18(5-2)15-8-9-17(12-15)11-14-10-13(3)6-7-16(14)19/h13-15H,4-12H2,1-3H3. The molecular formula is C16H30N2O. The molecule has 0 aromatic carbocycles. The van der Waals surface area contributed by atoms with E-state index in [-0.39, 0.29) is 0 Å². The van der Waals surface area contributed by atoms with Crippen LogP contribution in [-0.4, -0.2) is 54.3 Å². The van der Waals surface area contributed by atoms with Gasteiger partial charge in [0.1, 0.15) is 5.78 Å². The lowest BCUT2D eigenvalue weighted by atomic mass is 9.81. The van der Waals surface area contributed by atoms with E-state index in [1.165, 1.54) is 19.5 Å². The summed E-state index contributed by atoms with van der Waals surface area (Å²) in [6.07, 6.45) is 4.32. The fourth-order valence-electron chi connectivity index (χ4n) is 3.83. The van der Waals surface area contributed by atoms with Gasteiger partial charge in [-0.1, -0.05) is 20.8 Å². The highest BCUT2D eigenvalue weighted by Gasteiger charge is 2.32. The lowest BCUT2D eigenvalue weighted by molar-refractivity contribution is -0.126. The summed E-state index contributed by atoms with van der Waals surface area (Å²) in [7, 11) is 0. The highest BCUT2D eigenvalue weighted by Crippen LogP contribution is 2.28. The summed E-state index contributed by atoms with van der Waals surface area (Å²) in [5, 5.41) is 0. The van der Waals surface area contributed by atoms with Gasteiger partial charge in [0.05, 0.1) is 0 Å². The van der Waals surface area contributed by atoms with Crippen LogP contribution >= 0.6 is 0 Å². The maximum atomic E-state index is 12.0. The van der Waals surface area contributed by atoms with Crippen LogP contribution in [0.5, 0.6) is 0 Å². The third-order valence-corrected chi connectivity index (χ3v) is 5.08. The minimum atomic E-state index is 0.319. The zero-order valence-corrected chi connectivity index (χ0v) is 12.9. The van der Waals surface area contributed by atoms with E-state index in [0.29, 0.717) is 17.7 Å². The van der Waals surface area contributed by atoms with Gasteiger partial charge < -0.3 is 4.90 Å². The molecule has 1 saturated carbocycles. The smallest absolute Gasteiger partial charge is 0.137 e. The van der Waals surface area contributed by atoms with Crippen LogP contribution in [0, 0.1) is 11.8 Å². The van der Waals surface area contributed by atoms with Crippen molar-refractivity contribution in [3.05, 3.63) is 0 Å². The first-order valence-corrected chi connectivity index (χ1v) is 8.13. The Morgan fingerprint density at radius 1 is 1.26 bits per heavy atom. The average Bonchev–Trinajstić information content (AvgIpc) is 2.84. The maximum Gasteiger partial charge on any atom is 0.137 e. The Morgan fingerprint density at radius 2 is 2.00 bits per heavy atom. The van der Waals surface area contributed by atoms with E-state index in [1.807, 2.05) is 0 Å². The highest BCUT2D eigenvalue weighted by molar-refractivity contribution is 5.81. The van der Waals surface area contributed by atoms with Gasteiger partial charge >= 0.3 is 0 Å². The summed E-state index contributed by atoms with van der Waals surface area (Å²) in [6.45, 7) is 12.4. The summed E-state index contributed by atoms with van der Waals surface area (Å²) < 4.78 is 0. The van der Waals surface area contributed by atoms with E-state index in [4.69, 9.17) is 0 Å². The van der Waals surface area contributed by atoms with E-state index in [2.05, 4.69) is 30.6 Å². The first-order chi connectivity index (χ1) is 9.13. The molecule has 3 nitrogen and oxygen atoms in total. The molecule has 3 atom stereocenters. The number of Topliss-reactive ketones (excluding diaryl/α,β-unsaturated/α-hetero) is 1. The van der Waals surface area contributed by atoms with Crippen molar-refractivity contribution in [2.75, 3.05) is 32.7 Å². The molecule has 0 N–H and O–H groups in total. The lowest BCUT2D eigenvalue weighted by Crippen LogP contribution is -2.39. The van der Waals surface area contributed by atoms with Crippen molar-refractivity contribution in [1.82, 2.24) is 9.80 Å². The van der Waals surface area contributed by atoms with Crippen molar-refractivity contribution in [2.45, 2.75) is 52.5 Å². The summed E-state index contributed by atoms with van der Waals surface area (Å²) in [4.78, 5) is 17.1. The predicted molar refractivity (Wildman–Crippen MR) is 79.3 cm³/mol. The average molecular weight is 266 g/mol. The SMILES string of the molecule is CCN(CC)C1CCN(CC2CC(C)CCC2=O)C1. The molecule has 2 fully saturated rings. The number of carbonyl (C=O) groups is 1. The van der Waals surface area contributed by atoms with Crippen molar-refractivity contribution >= 4 is 5.78 Å². The van der Waals surface area contributed by atoms with Crippen LogP contribution in [0.15, 0.2) is 0 Å². The number of likely N-dealkylation sites (tertiary alicyclic amines) is 1. The molecule has 2 aliphatic rings. The zero-order valence-electron chi connectivity index (χ0n) is 12.9. The molecule has 1 saturated heterocycles. The molecule has 1 heterocycles. The summed E-state index contributed by atoms with van der Waals surface area (Å²) >= 11 is 0. The molecule has 0 aromatic rings. The van der Waals surface area contributed by atoms with Gasteiger partial charge in [-0.3, -0.25) is 9.69 Å². The third-order valence-electron chi connectivity index (χ3n) is 5.08. The minimum Gasteiger partial charge on any atom is -0.301 e. The normalized spacial score (nSPS) is 33.3. The van der Waals surface area contributed by atoms with E-state index in [9.17, 15) is 4.79 Å². The van der Waals surface area contributed by atoms with E-state index in [0.717, 1.165) is 44.8 Å². The van der Waals surface area contributed by atoms with Gasteiger partial charge in [-0.15, -0.1) is 0 Å². The van der Waals surface area contributed by atoms with Gasteiger partial charge in [0.2, 0.25) is 0 Å². The van der Waals surface area contributed by atoms with Crippen molar-refractivity contribution in [2.24, 2.45) is 11.8 Å². The molecule has 1 aliphatic carbocycles. The Morgan fingerprint density at radius 3 is 2.68 bits per heavy atom. The Kier molecular flexibility index (Phi) is 5.40. The van der Waals surface area contributed by atoms with Crippen LogP contribution in [0.25, 0.3) is 0 Å². The van der Waals surface area contributed by atoms with Gasteiger partial charge in [0, 0.05) is 31.5 Å². The quantitative estimate of drug-likeness (QED) is 0.763. The number of ketones is 1. The molecule has 3 heteroatoms. The van der Waals surface area contributed by atoms with Crippen LogP contribution in [-0.2, 0) is 4.79 Å². The van der Waals surface area contributed by atoms with Gasteiger partial charge in [0.25, 0.3) is 0 Å². The van der Waals surface area contributed by atoms with Gasteiger partial charge in [0.15, 0.2) is 0 Å². The number of hydrogen-bond donors (Lipinski definition) is 0. The Balaban J connectivity index is 1.82. The topological polar surface area (TPSA) is 23.6 Å². The largest absolute Gasteiger partial charge is 0.301 e. The van der Waals surface area contributed by atoms with Crippen molar-refractivity contribution in [1.29, 1.82) is 0 Å². The highest BCUT2D eigenvalue weighted by atomic mass is 16.1. The number of likely N-dealkylation sites (N-methyl/N-ethyl adjacent to an activating group) is 1. The summed E-state index contributed by atoms with van der Waals surface area (Å²) in [5.41, 5.74) is 0. The van der Waals surface area contributed by atoms with Crippen LogP contribution in [0.3, 0.4) is 0 Å². The second-order valence-electron chi connectivity index (χ2n) is 6.47. The molecule has 2 rings (SSSR count). The van der Waals surface area contributed by atoms with Crippen LogP contribution in [0.4, 0.5) is 0 Å². The zero-order chi connectivity index (χ0) is 13.8. The van der Waals surface area contributed by atoms with E-state index < -0.39 is 0 Å². The van der Waals surface area contributed by atoms with Crippen molar-refractivity contribution in [3.8, 4) is 0 Å². The lowest BCUT2D eigenvalue weighted by Gasteiger charge is -2.30. The van der Waals surface area contributed by atoms with Gasteiger partial charge in [-0.05, 0) is 44.8 Å². The van der Waals surface area contributed by atoms with Gasteiger partial charge in [-0.2, -0.15) is 0 Å². The first kappa shape index (κ1) is 15.0. The Bertz CT molecular complexity index is 301. The maximum absolute atomic E-state index is 12.0. The molecular weight excluding hydrogens is 236 g/mol. The third kappa shape index (κ3) is 3.79.